The number of hydrogen-bond donors (Lipinski definition) is 2. The number of aromatic nitrogens is 1. The number of fused-ring (bicyclic) bond motifs is 1. The molecule has 0 saturated heterocycles. The highest BCUT2D eigenvalue weighted by Crippen LogP contribution is 2.23. The van der Waals surface area contributed by atoms with E-state index in [4.69, 9.17) is 0 Å². The number of carbonyl (C=O) groups is 1. The predicted octanol–water partition coefficient (Wildman–Crippen LogP) is 0.469. The zero-order valence-corrected chi connectivity index (χ0v) is 16.3. The van der Waals surface area contributed by atoms with Crippen LogP contribution in [0.5, 0.6) is 0 Å². The predicted molar refractivity (Wildman–Crippen MR) is 98.0 cm³/mol. The first kappa shape index (κ1) is 19.6. The zero-order valence-electron chi connectivity index (χ0n) is 15.5. The summed E-state index contributed by atoms with van der Waals surface area (Å²) in [7, 11) is 1.18. The van der Waals surface area contributed by atoms with Crippen molar-refractivity contribution >= 4 is 21.9 Å². The molecule has 1 aromatic heterocycles. The van der Waals surface area contributed by atoms with Crippen LogP contribution in [0.2, 0.25) is 0 Å². The van der Waals surface area contributed by atoms with Crippen LogP contribution in [0.3, 0.4) is 0 Å². The van der Waals surface area contributed by atoms with Gasteiger partial charge in [0, 0.05) is 52.4 Å². The third-order valence-corrected chi connectivity index (χ3v) is 6.05. The fraction of sp³-hybridized carbons (Fsp3) is 0.625. The van der Waals surface area contributed by atoms with Crippen LogP contribution in [0, 0.1) is 0 Å². The molecule has 2 N–H and O–H groups in total. The number of nitrogens with zero attached hydrogens (tertiary/aromatic N) is 3. The normalized spacial score (nSPS) is 15.8. The lowest BCUT2D eigenvalue weighted by molar-refractivity contribution is 0.0963. The number of nitrogens with one attached hydrogen (secondary N) is 2. The fourth-order valence-electron chi connectivity index (χ4n) is 2.77. The molecule has 0 spiro atoms. The van der Waals surface area contributed by atoms with E-state index in [1.165, 1.54) is 22.7 Å². The average molecular weight is 369 g/mol. The van der Waals surface area contributed by atoms with Gasteiger partial charge in [0.2, 0.25) is 0 Å². The average Bonchev–Trinajstić information content (AvgIpc) is 2.75. The molecular formula is C16H27N5O3S. The van der Waals surface area contributed by atoms with Gasteiger partial charge < -0.3 is 10.6 Å². The SMILES string of the molecule is CNC(=O)c1cc2c(nc1NC(C)C)CCN(S(=O)(=O)N(C)C)CC2. The largest absolute Gasteiger partial charge is 0.367 e. The number of amides is 1. The first-order chi connectivity index (χ1) is 11.7. The molecule has 1 aromatic rings. The van der Waals surface area contributed by atoms with E-state index in [-0.39, 0.29) is 11.9 Å². The maximum atomic E-state index is 12.4. The van der Waals surface area contributed by atoms with E-state index in [1.807, 2.05) is 19.9 Å². The molecule has 8 nitrogen and oxygen atoms in total. The second-order valence-corrected chi connectivity index (χ2v) is 8.70. The third-order valence-electron chi connectivity index (χ3n) is 4.10. The van der Waals surface area contributed by atoms with Crippen LogP contribution in [-0.4, -0.2) is 68.2 Å². The number of rotatable bonds is 5. The standard InChI is InChI=1S/C16H27N5O3S/c1-11(2)18-15-13(16(22)17-3)10-12-6-8-21(9-7-14(12)19-15)25(23,24)20(4)5/h10-11H,6-9H2,1-5H3,(H,17,22)(H,18,19). The van der Waals surface area contributed by atoms with Gasteiger partial charge in [-0.1, -0.05) is 0 Å². The maximum absolute atomic E-state index is 12.4. The molecule has 0 saturated carbocycles. The minimum atomic E-state index is -3.46. The Morgan fingerprint density at radius 3 is 2.48 bits per heavy atom. The van der Waals surface area contributed by atoms with Gasteiger partial charge >= 0.3 is 0 Å². The Morgan fingerprint density at radius 1 is 1.28 bits per heavy atom. The van der Waals surface area contributed by atoms with Gasteiger partial charge in [-0.15, -0.1) is 0 Å². The van der Waals surface area contributed by atoms with Crippen molar-refractivity contribution in [1.29, 1.82) is 0 Å². The molecule has 0 aliphatic carbocycles. The lowest BCUT2D eigenvalue weighted by Gasteiger charge is -2.23. The minimum absolute atomic E-state index is 0.130. The second kappa shape index (κ2) is 7.67. The molecule has 0 radical (unpaired) electrons. The van der Waals surface area contributed by atoms with Gasteiger partial charge in [-0.3, -0.25) is 4.79 Å². The molecule has 1 aliphatic rings. The van der Waals surface area contributed by atoms with Crippen molar-refractivity contribution in [3.05, 3.63) is 22.9 Å². The van der Waals surface area contributed by atoms with E-state index in [1.54, 1.807) is 7.05 Å². The van der Waals surface area contributed by atoms with Crippen molar-refractivity contribution in [2.75, 3.05) is 39.5 Å². The van der Waals surface area contributed by atoms with E-state index < -0.39 is 10.2 Å². The Bertz CT molecular complexity index is 746. The van der Waals surface area contributed by atoms with Crippen molar-refractivity contribution in [2.45, 2.75) is 32.7 Å². The number of pyridine rings is 1. The summed E-state index contributed by atoms with van der Waals surface area (Å²) in [4.78, 5) is 16.8. The van der Waals surface area contributed by atoms with Crippen molar-refractivity contribution in [3.63, 3.8) is 0 Å². The molecule has 1 amide bonds. The minimum Gasteiger partial charge on any atom is -0.367 e. The Labute approximate surface area is 149 Å². The van der Waals surface area contributed by atoms with Gasteiger partial charge in [0.15, 0.2) is 0 Å². The van der Waals surface area contributed by atoms with Crippen molar-refractivity contribution in [2.24, 2.45) is 0 Å². The Kier molecular flexibility index (Phi) is 6.02. The van der Waals surface area contributed by atoms with Crippen LogP contribution >= 0.6 is 0 Å². The number of anilines is 1. The van der Waals surface area contributed by atoms with E-state index in [2.05, 4.69) is 15.6 Å². The van der Waals surface area contributed by atoms with E-state index in [9.17, 15) is 13.2 Å². The summed E-state index contributed by atoms with van der Waals surface area (Å²) in [5.74, 6) is 0.331. The topological polar surface area (TPSA) is 94.6 Å². The van der Waals surface area contributed by atoms with Crippen molar-refractivity contribution in [3.8, 4) is 0 Å². The van der Waals surface area contributed by atoms with E-state index in [0.29, 0.717) is 37.3 Å². The van der Waals surface area contributed by atoms with E-state index >= 15 is 0 Å². The second-order valence-electron chi connectivity index (χ2n) is 6.56. The van der Waals surface area contributed by atoms with Crippen LogP contribution in [0.15, 0.2) is 6.07 Å². The monoisotopic (exact) mass is 369 g/mol. The van der Waals surface area contributed by atoms with Crippen LogP contribution in [0.1, 0.15) is 35.5 Å². The van der Waals surface area contributed by atoms with Crippen molar-refractivity contribution < 1.29 is 13.2 Å². The summed E-state index contributed by atoms with van der Waals surface area (Å²) in [6.45, 7) is 4.71. The Morgan fingerprint density at radius 2 is 1.92 bits per heavy atom. The van der Waals surface area contributed by atoms with Crippen LogP contribution in [0.25, 0.3) is 0 Å². The molecule has 2 heterocycles. The number of carbonyl (C=O) groups excluding carboxylic acids is 1. The molecule has 9 heteroatoms. The third kappa shape index (κ3) is 4.28. The van der Waals surface area contributed by atoms with Crippen LogP contribution < -0.4 is 10.6 Å². The smallest absolute Gasteiger partial charge is 0.281 e. The highest BCUT2D eigenvalue weighted by molar-refractivity contribution is 7.86. The van der Waals surface area contributed by atoms with E-state index in [0.717, 1.165) is 11.3 Å². The summed E-state index contributed by atoms with van der Waals surface area (Å²) in [6.07, 6.45) is 1.05. The molecule has 0 fully saturated rings. The summed E-state index contributed by atoms with van der Waals surface area (Å²) < 4.78 is 27.4. The highest BCUT2D eigenvalue weighted by Gasteiger charge is 2.28. The van der Waals surface area contributed by atoms with Crippen molar-refractivity contribution in [1.82, 2.24) is 18.9 Å². The zero-order chi connectivity index (χ0) is 18.8. The van der Waals surface area contributed by atoms with Gasteiger partial charge in [-0.2, -0.15) is 17.0 Å². The first-order valence-electron chi connectivity index (χ1n) is 8.35. The van der Waals surface area contributed by atoms with Gasteiger partial charge in [0.25, 0.3) is 16.1 Å². The molecule has 0 bridgehead atoms. The summed E-state index contributed by atoms with van der Waals surface area (Å²) in [5, 5.41) is 5.84. The lowest BCUT2D eigenvalue weighted by Crippen LogP contribution is -2.41. The first-order valence-corrected chi connectivity index (χ1v) is 9.75. The van der Waals surface area contributed by atoms with Crippen LogP contribution in [-0.2, 0) is 23.1 Å². The Hall–Kier alpha value is -1.71. The number of hydrogen-bond acceptors (Lipinski definition) is 5. The summed E-state index contributed by atoms with van der Waals surface area (Å²) in [6, 6.07) is 1.96. The summed E-state index contributed by atoms with van der Waals surface area (Å²) >= 11 is 0. The molecule has 140 valence electrons. The molecule has 0 unspecified atom stereocenters. The molecule has 25 heavy (non-hydrogen) atoms. The van der Waals surface area contributed by atoms with Gasteiger partial charge in [0.05, 0.1) is 5.56 Å². The van der Waals surface area contributed by atoms with Crippen LogP contribution in [0.4, 0.5) is 5.82 Å². The van der Waals surface area contributed by atoms with Gasteiger partial charge in [-0.25, -0.2) is 4.98 Å². The Balaban J connectivity index is 2.38. The summed E-state index contributed by atoms with van der Waals surface area (Å²) in [5.41, 5.74) is 2.25. The highest BCUT2D eigenvalue weighted by atomic mass is 32.2. The molecule has 0 atom stereocenters. The molecular weight excluding hydrogens is 342 g/mol. The fourth-order valence-corrected chi connectivity index (χ4v) is 3.87. The lowest BCUT2D eigenvalue weighted by atomic mass is 10.0. The molecule has 0 aromatic carbocycles. The molecule has 1 aliphatic heterocycles. The van der Waals surface area contributed by atoms with Gasteiger partial charge in [0.1, 0.15) is 5.82 Å². The van der Waals surface area contributed by atoms with Gasteiger partial charge in [-0.05, 0) is 31.9 Å². The maximum Gasteiger partial charge on any atom is 0.281 e. The quantitative estimate of drug-likeness (QED) is 0.787. The molecule has 2 rings (SSSR count).